The molecule has 0 aliphatic carbocycles. The fourth-order valence-corrected chi connectivity index (χ4v) is 1.51. The predicted octanol–water partition coefficient (Wildman–Crippen LogP) is 0.419. The molecule has 1 aromatic heterocycles. The summed E-state index contributed by atoms with van der Waals surface area (Å²) in [6, 6.07) is 4.81. The van der Waals surface area contributed by atoms with Crippen molar-refractivity contribution in [3.05, 3.63) is 24.0 Å². The van der Waals surface area contributed by atoms with Gasteiger partial charge in [-0.2, -0.15) is 5.21 Å². The van der Waals surface area contributed by atoms with Crippen LogP contribution in [0.1, 0.15) is 17.5 Å². The highest BCUT2D eigenvalue weighted by molar-refractivity contribution is 6.01. The number of carbonyl (C=O) groups is 2. The van der Waals surface area contributed by atoms with Crippen molar-refractivity contribution in [1.29, 1.82) is 0 Å². The highest BCUT2D eigenvalue weighted by Gasteiger charge is 2.12. The molecule has 20 heavy (non-hydrogen) atoms. The SMILES string of the molecule is COc1cc(NC(=O)c2nn[nH]n2)ccc1NC(C)=O. The Balaban J connectivity index is 2.17. The molecule has 0 atom stereocenters. The van der Waals surface area contributed by atoms with Crippen LogP contribution in [0.3, 0.4) is 0 Å². The molecule has 9 nitrogen and oxygen atoms in total. The third kappa shape index (κ3) is 3.07. The summed E-state index contributed by atoms with van der Waals surface area (Å²) in [4.78, 5) is 22.8. The van der Waals surface area contributed by atoms with Gasteiger partial charge in [-0.05, 0) is 17.3 Å². The van der Waals surface area contributed by atoms with E-state index in [2.05, 4.69) is 31.3 Å². The normalized spacial score (nSPS) is 9.90. The van der Waals surface area contributed by atoms with Gasteiger partial charge in [-0.25, -0.2) is 0 Å². The molecule has 2 aromatic rings. The van der Waals surface area contributed by atoms with Gasteiger partial charge in [0.15, 0.2) is 0 Å². The molecule has 9 heteroatoms. The van der Waals surface area contributed by atoms with Gasteiger partial charge in [-0.1, -0.05) is 0 Å². The zero-order valence-electron chi connectivity index (χ0n) is 10.8. The number of methoxy groups -OCH3 is 1. The number of hydrogen-bond donors (Lipinski definition) is 3. The molecule has 2 rings (SSSR count). The van der Waals surface area contributed by atoms with Crippen LogP contribution in [0.2, 0.25) is 0 Å². The topological polar surface area (TPSA) is 122 Å². The molecule has 3 N–H and O–H groups in total. The molecular formula is C11H12N6O3. The smallest absolute Gasteiger partial charge is 0.297 e. The minimum atomic E-state index is -0.506. The Bertz CT molecular complexity index is 625. The first-order valence-electron chi connectivity index (χ1n) is 5.60. The second-order valence-corrected chi connectivity index (χ2v) is 3.79. The van der Waals surface area contributed by atoms with E-state index in [1.54, 1.807) is 18.2 Å². The Hall–Kier alpha value is -2.97. The lowest BCUT2D eigenvalue weighted by atomic mass is 10.2. The summed E-state index contributed by atoms with van der Waals surface area (Å²) in [5.74, 6) is -0.374. The van der Waals surface area contributed by atoms with Crippen LogP contribution in [0.5, 0.6) is 5.75 Å². The first-order chi connectivity index (χ1) is 9.60. The number of ether oxygens (including phenoxy) is 1. The van der Waals surface area contributed by atoms with Crippen LogP contribution in [0.4, 0.5) is 11.4 Å². The number of amides is 2. The molecule has 0 aliphatic heterocycles. The summed E-state index contributed by atoms with van der Waals surface area (Å²) in [7, 11) is 1.46. The molecule has 0 aliphatic rings. The van der Waals surface area contributed by atoms with E-state index in [-0.39, 0.29) is 11.7 Å². The van der Waals surface area contributed by atoms with Crippen LogP contribution in [0.25, 0.3) is 0 Å². The summed E-state index contributed by atoms with van der Waals surface area (Å²) in [6.45, 7) is 1.39. The number of aromatic amines is 1. The molecule has 0 unspecified atom stereocenters. The standard InChI is InChI=1S/C11H12N6O3/c1-6(18)12-8-4-3-7(5-9(8)20-2)13-11(19)10-14-16-17-15-10/h3-5H,1-2H3,(H,12,18)(H,13,19)(H,14,15,16,17). The number of H-pyrrole nitrogens is 1. The molecule has 1 aromatic carbocycles. The minimum absolute atomic E-state index is 0.0742. The van der Waals surface area contributed by atoms with Crippen molar-refractivity contribution in [2.24, 2.45) is 0 Å². The molecule has 0 saturated carbocycles. The zero-order chi connectivity index (χ0) is 14.5. The Morgan fingerprint density at radius 2 is 2.10 bits per heavy atom. The highest BCUT2D eigenvalue weighted by atomic mass is 16.5. The number of rotatable bonds is 4. The lowest BCUT2D eigenvalue weighted by Gasteiger charge is -2.11. The number of carbonyl (C=O) groups excluding carboxylic acids is 2. The molecular weight excluding hydrogens is 264 g/mol. The van der Waals surface area contributed by atoms with Crippen LogP contribution in [-0.2, 0) is 4.79 Å². The Morgan fingerprint density at radius 1 is 1.30 bits per heavy atom. The third-order valence-electron chi connectivity index (χ3n) is 2.32. The Morgan fingerprint density at radius 3 is 2.70 bits per heavy atom. The van der Waals surface area contributed by atoms with E-state index in [1.165, 1.54) is 14.0 Å². The van der Waals surface area contributed by atoms with Crippen molar-refractivity contribution >= 4 is 23.2 Å². The number of anilines is 2. The summed E-state index contributed by atoms with van der Waals surface area (Å²) in [6.07, 6.45) is 0. The van der Waals surface area contributed by atoms with E-state index in [4.69, 9.17) is 4.74 Å². The summed E-state index contributed by atoms with van der Waals surface area (Å²) < 4.78 is 5.14. The quantitative estimate of drug-likeness (QED) is 0.743. The lowest BCUT2D eigenvalue weighted by molar-refractivity contribution is -0.114. The Kier molecular flexibility index (Phi) is 3.89. The summed E-state index contributed by atoms with van der Waals surface area (Å²) in [5.41, 5.74) is 0.989. The van der Waals surface area contributed by atoms with Crippen molar-refractivity contribution in [3.8, 4) is 5.75 Å². The van der Waals surface area contributed by atoms with Gasteiger partial charge in [0.05, 0.1) is 12.8 Å². The van der Waals surface area contributed by atoms with Crippen LogP contribution in [-0.4, -0.2) is 39.5 Å². The largest absolute Gasteiger partial charge is 0.494 e. The fraction of sp³-hybridized carbons (Fsp3) is 0.182. The third-order valence-corrected chi connectivity index (χ3v) is 2.32. The highest BCUT2D eigenvalue weighted by Crippen LogP contribution is 2.28. The van der Waals surface area contributed by atoms with Gasteiger partial charge in [0, 0.05) is 18.7 Å². The number of nitrogens with zero attached hydrogens (tertiary/aromatic N) is 3. The summed E-state index contributed by atoms with van der Waals surface area (Å²) >= 11 is 0. The first kappa shape index (κ1) is 13.5. The molecule has 1 heterocycles. The molecule has 0 bridgehead atoms. The maximum absolute atomic E-state index is 11.7. The second kappa shape index (κ2) is 5.78. The lowest BCUT2D eigenvalue weighted by Crippen LogP contribution is -2.14. The minimum Gasteiger partial charge on any atom is -0.494 e. The van der Waals surface area contributed by atoms with Crippen molar-refractivity contribution < 1.29 is 14.3 Å². The second-order valence-electron chi connectivity index (χ2n) is 3.79. The average molecular weight is 276 g/mol. The van der Waals surface area contributed by atoms with E-state index < -0.39 is 5.91 Å². The maximum Gasteiger partial charge on any atom is 0.297 e. The van der Waals surface area contributed by atoms with Crippen molar-refractivity contribution in [3.63, 3.8) is 0 Å². The van der Waals surface area contributed by atoms with Crippen molar-refractivity contribution in [2.45, 2.75) is 6.92 Å². The van der Waals surface area contributed by atoms with Crippen molar-refractivity contribution in [1.82, 2.24) is 20.6 Å². The molecule has 104 valence electrons. The van der Waals surface area contributed by atoms with Crippen LogP contribution >= 0.6 is 0 Å². The number of nitrogens with one attached hydrogen (secondary N) is 3. The van der Waals surface area contributed by atoms with E-state index in [9.17, 15) is 9.59 Å². The van der Waals surface area contributed by atoms with E-state index >= 15 is 0 Å². The fourth-order valence-electron chi connectivity index (χ4n) is 1.51. The number of hydrogen-bond acceptors (Lipinski definition) is 6. The molecule has 0 spiro atoms. The zero-order valence-corrected chi connectivity index (χ0v) is 10.8. The number of tetrazole rings is 1. The van der Waals surface area contributed by atoms with Gasteiger partial charge in [-0.3, -0.25) is 9.59 Å². The van der Waals surface area contributed by atoms with Gasteiger partial charge in [-0.15, -0.1) is 10.2 Å². The van der Waals surface area contributed by atoms with Gasteiger partial charge < -0.3 is 15.4 Å². The molecule has 0 fully saturated rings. The van der Waals surface area contributed by atoms with E-state index in [1.807, 2.05) is 0 Å². The van der Waals surface area contributed by atoms with Gasteiger partial charge in [0.2, 0.25) is 5.91 Å². The molecule has 0 radical (unpaired) electrons. The van der Waals surface area contributed by atoms with Crippen LogP contribution in [0.15, 0.2) is 18.2 Å². The average Bonchev–Trinajstić information content (AvgIpc) is 2.94. The van der Waals surface area contributed by atoms with Gasteiger partial charge in [0.25, 0.3) is 11.7 Å². The van der Waals surface area contributed by atoms with Crippen LogP contribution in [0, 0.1) is 0 Å². The molecule has 2 amide bonds. The molecule has 0 saturated heterocycles. The maximum atomic E-state index is 11.7. The van der Waals surface area contributed by atoms with Crippen LogP contribution < -0.4 is 15.4 Å². The van der Waals surface area contributed by atoms with Crippen molar-refractivity contribution in [2.75, 3.05) is 17.7 Å². The van der Waals surface area contributed by atoms with E-state index in [0.717, 1.165) is 0 Å². The Labute approximate surface area is 113 Å². The monoisotopic (exact) mass is 276 g/mol. The predicted molar refractivity (Wildman–Crippen MR) is 69.4 cm³/mol. The number of aromatic nitrogens is 4. The van der Waals surface area contributed by atoms with E-state index in [0.29, 0.717) is 17.1 Å². The first-order valence-corrected chi connectivity index (χ1v) is 5.60. The summed E-state index contributed by atoms with van der Waals surface area (Å²) in [5, 5.41) is 17.8. The number of benzene rings is 1. The van der Waals surface area contributed by atoms with Gasteiger partial charge in [0.1, 0.15) is 5.75 Å². The van der Waals surface area contributed by atoms with Gasteiger partial charge >= 0.3 is 0 Å².